The molecule has 3 atom stereocenters. The summed E-state index contributed by atoms with van der Waals surface area (Å²) in [5, 5.41) is 13.9. The molecule has 0 aliphatic heterocycles. The molecule has 1 amide bonds. The molecule has 374 valence electrons. The largest absolute Gasteiger partial charge is 0.472 e. The molecule has 0 bridgehead atoms. The number of phosphoric ester groups is 1. The standard InChI is InChI=1S/C55H103N2O6P/c1-6-8-10-12-14-16-18-20-22-24-25-26-27-28-29-30-31-33-34-36-38-40-42-44-46-48-54(58)53(52-63-64(60,61)62-51-50-57(3,4)5)56-55(59)49-47-45-43-41-39-37-35-32-23-21-19-17-15-13-11-9-7-2/h15,17,21,23,31,33,38,40,46,48,53-54,58H,6-14,16,18-20,22,24-30,32,34-37,39,41-45,47,49-52H2,1-5H3,(H-,56,59,60,61)/p+1/b17-15-,23-21-,33-31+,40-38+,48-46+. The van der Waals surface area contributed by atoms with Gasteiger partial charge in [-0.05, 0) is 77.0 Å². The molecule has 0 aliphatic carbocycles. The van der Waals surface area contributed by atoms with E-state index in [0.29, 0.717) is 17.4 Å². The molecule has 0 radical (unpaired) electrons. The van der Waals surface area contributed by atoms with Crippen LogP contribution in [-0.4, -0.2) is 73.4 Å². The van der Waals surface area contributed by atoms with Crippen LogP contribution < -0.4 is 5.32 Å². The van der Waals surface area contributed by atoms with E-state index < -0.39 is 20.0 Å². The van der Waals surface area contributed by atoms with Gasteiger partial charge in [0.2, 0.25) is 5.91 Å². The molecule has 0 spiro atoms. The minimum atomic E-state index is -4.36. The summed E-state index contributed by atoms with van der Waals surface area (Å²) in [5.74, 6) is -0.200. The molecular weight excluding hydrogens is 816 g/mol. The molecule has 0 saturated carbocycles. The molecule has 0 saturated heterocycles. The Labute approximate surface area is 396 Å². The molecule has 3 unspecified atom stereocenters. The molecule has 0 aliphatic rings. The Hall–Kier alpha value is -1.80. The monoisotopic (exact) mass is 920 g/mol. The number of unbranched alkanes of at least 4 members (excludes halogenated alkanes) is 27. The lowest BCUT2D eigenvalue weighted by molar-refractivity contribution is -0.870. The number of amides is 1. The maximum atomic E-state index is 12.9. The number of allylic oxidation sites excluding steroid dienone is 9. The number of hydrogen-bond acceptors (Lipinski definition) is 5. The zero-order chi connectivity index (χ0) is 47.1. The minimum Gasteiger partial charge on any atom is -0.387 e. The second-order valence-corrected chi connectivity index (χ2v) is 20.7. The predicted molar refractivity (Wildman–Crippen MR) is 277 cm³/mol. The smallest absolute Gasteiger partial charge is 0.387 e. The van der Waals surface area contributed by atoms with Crippen LogP contribution in [0.25, 0.3) is 0 Å². The maximum absolute atomic E-state index is 12.9. The zero-order valence-electron chi connectivity index (χ0n) is 42.5. The number of hydrogen-bond donors (Lipinski definition) is 3. The molecule has 8 nitrogen and oxygen atoms in total. The average molecular weight is 920 g/mol. The van der Waals surface area contributed by atoms with Crippen molar-refractivity contribution in [2.24, 2.45) is 0 Å². The van der Waals surface area contributed by atoms with Gasteiger partial charge in [-0.15, -0.1) is 0 Å². The van der Waals surface area contributed by atoms with E-state index in [1.807, 2.05) is 27.2 Å². The summed E-state index contributed by atoms with van der Waals surface area (Å²) >= 11 is 0. The van der Waals surface area contributed by atoms with Crippen LogP contribution in [0.1, 0.15) is 232 Å². The zero-order valence-corrected chi connectivity index (χ0v) is 43.4. The van der Waals surface area contributed by atoms with Gasteiger partial charge in [0.05, 0.1) is 39.9 Å². The highest BCUT2D eigenvalue weighted by molar-refractivity contribution is 7.47. The molecule has 9 heteroatoms. The summed E-state index contributed by atoms with van der Waals surface area (Å²) in [7, 11) is 1.54. The fourth-order valence-electron chi connectivity index (χ4n) is 7.46. The van der Waals surface area contributed by atoms with Gasteiger partial charge in [-0.25, -0.2) is 4.57 Å². The molecule has 0 aromatic carbocycles. The van der Waals surface area contributed by atoms with Gasteiger partial charge >= 0.3 is 7.82 Å². The normalized spacial score (nSPS) is 14.5. The number of carbonyl (C=O) groups excluding carboxylic acids is 1. The highest BCUT2D eigenvalue weighted by Gasteiger charge is 2.27. The number of aliphatic hydroxyl groups excluding tert-OH is 1. The Kier molecular flexibility index (Phi) is 45.0. The van der Waals surface area contributed by atoms with Gasteiger partial charge in [-0.2, -0.15) is 0 Å². The van der Waals surface area contributed by atoms with Crippen LogP contribution in [0.5, 0.6) is 0 Å². The van der Waals surface area contributed by atoms with Crippen molar-refractivity contribution in [1.82, 2.24) is 5.32 Å². The van der Waals surface area contributed by atoms with Gasteiger partial charge in [0.1, 0.15) is 13.2 Å². The van der Waals surface area contributed by atoms with Gasteiger partial charge in [-0.1, -0.05) is 209 Å². The van der Waals surface area contributed by atoms with Crippen molar-refractivity contribution >= 4 is 13.7 Å². The number of nitrogens with zero attached hydrogens (tertiary/aromatic N) is 1. The number of likely N-dealkylation sites (N-methyl/N-ethyl adjacent to an activating group) is 1. The number of carbonyl (C=O) groups is 1. The van der Waals surface area contributed by atoms with Crippen molar-refractivity contribution in [1.29, 1.82) is 0 Å². The molecule has 64 heavy (non-hydrogen) atoms. The van der Waals surface area contributed by atoms with Crippen molar-refractivity contribution in [2.45, 2.75) is 244 Å². The first-order chi connectivity index (χ1) is 31.0. The van der Waals surface area contributed by atoms with E-state index in [-0.39, 0.29) is 19.1 Å². The van der Waals surface area contributed by atoms with E-state index in [4.69, 9.17) is 9.05 Å². The number of quaternary nitrogens is 1. The lowest BCUT2D eigenvalue weighted by atomic mass is 10.0. The SMILES string of the molecule is CCCCC/C=C\C/C=C\CCCCCCCCCC(=O)NC(COP(=O)(O)OCC[N+](C)(C)C)C(O)/C=C/CC/C=C/CC/C=C/CCCCCCCCCCCCCCCCC. The van der Waals surface area contributed by atoms with Gasteiger partial charge in [-0.3, -0.25) is 13.8 Å². The van der Waals surface area contributed by atoms with Crippen molar-refractivity contribution < 1.29 is 32.9 Å². The van der Waals surface area contributed by atoms with Crippen LogP contribution in [0.15, 0.2) is 60.8 Å². The fourth-order valence-corrected chi connectivity index (χ4v) is 8.19. The summed E-state index contributed by atoms with van der Waals surface area (Å²) in [5.41, 5.74) is 0. The number of nitrogens with one attached hydrogen (secondary N) is 1. The second kappa shape index (κ2) is 46.3. The number of aliphatic hydroxyl groups is 1. The Morgan fingerprint density at radius 1 is 0.531 bits per heavy atom. The van der Waals surface area contributed by atoms with Crippen LogP contribution in [0, 0.1) is 0 Å². The van der Waals surface area contributed by atoms with Crippen molar-refractivity contribution in [3.8, 4) is 0 Å². The summed E-state index contributed by atoms with van der Waals surface area (Å²) in [4.78, 5) is 23.2. The fraction of sp³-hybridized carbons (Fsp3) is 0.800. The van der Waals surface area contributed by atoms with Gasteiger partial charge in [0.25, 0.3) is 0 Å². The van der Waals surface area contributed by atoms with E-state index in [1.165, 1.54) is 148 Å². The molecule has 0 rings (SSSR count). The molecular formula is C55H104N2O6P+. The molecule has 3 N–H and O–H groups in total. The van der Waals surface area contributed by atoms with E-state index in [9.17, 15) is 19.4 Å². The van der Waals surface area contributed by atoms with Crippen LogP contribution in [0.3, 0.4) is 0 Å². The summed E-state index contributed by atoms with van der Waals surface area (Å²) in [6.07, 6.45) is 61.7. The Morgan fingerprint density at radius 3 is 1.38 bits per heavy atom. The van der Waals surface area contributed by atoms with Crippen molar-refractivity contribution in [2.75, 3.05) is 40.9 Å². The topological polar surface area (TPSA) is 105 Å². The summed E-state index contributed by atoms with van der Waals surface area (Å²) in [6.45, 7) is 4.76. The minimum absolute atomic E-state index is 0.0499. The van der Waals surface area contributed by atoms with Gasteiger partial charge in [0, 0.05) is 6.42 Å². The molecule has 0 aromatic rings. The summed E-state index contributed by atoms with van der Waals surface area (Å²) < 4.78 is 23.6. The first-order valence-corrected chi connectivity index (χ1v) is 28.2. The van der Waals surface area contributed by atoms with Crippen LogP contribution >= 0.6 is 7.82 Å². The van der Waals surface area contributed by atoms with Crippen LogP contribution in [0.2, 0.25) is 0 Å². The average Bonchev–Trinajstić information content (AvgIpc) is 3.25. The first kappa shape index (κ1) is 62.2. The highest BCUT2D eigenvalue weighted by Crippen LogP contribution is 2.43. The lowest BCUT2D eigenvalue weighted by Crippen LogP contribution is -2.45. The van der Waals surface area contributed by atoms with Crippen LogP contribution in [-0.2, 0) is 18.4 Å². The second-order valence-electron chi connectivity index (χ2n) is 19.2. The predicted octanol–water partition coefficient (Wildman–Crippen LogP) is 15.8. The number of phosphoric acid groups is 1. The van der Waals surface area contributed by atoms with E-state index in [2.05, 4.69) is 67.8 Å². The van der Waals surface area contributed by atoms with Crippen molar-refractivity contribution in [3.05, 3.63) is 60.8 Å². The third-order valence-electron chi connectivity index (χ3n) is 11.7. The third-order valence-corrected chi connectivity index (χ3v) is 12.7. The van der Waals surface area contributed by atoms with Gasteiger partial charge in [0.15, 0.2) is 0 Å². The van der Waals surface area contributed by atoms with Crippen molar-refractivity contribution in [3.63, 3.8) is 0 Å². The Morgan fingerprint density at radius 2 is 0.906 bits per heavy atom. The van der Waals surface area contributed by atoms with E-state index >= 15 is 0 Å². The molecule has 0 fully saturated rings. The molecule has 0 aromatic heterocycles. The maximum Gasteiger partial charge on any atom is 0.472 e. The quantitative estimate of drug-likeness (QED) is 0.0243. The first-order valence-electron chi connectivity index (χ1n) is 26.7. The lowest BCUT2D eigenvalue weighted by Gasteiger charge is -2.25. The number of rotatable bonds is 48. The Bertz CT molecular complexity index is 1230. The molecule has 0 heterocycles. The Balaban J connectivity index is 4.36. The summed E-state index contributed by atoms with van der Waals surface area (Å²) in [6, 6.07) is -0.876. The third kappa shape index (κ3) is 48.1. The van der Waals surface area contributed by atoms with E-state index in [1.54, 1.807) is 6.08 Å². The van der Waals surface area contributed by atoms with Crippen LogP contribution in [0.4, 0.5) is 0 Å². The highest BCUT2D eigenvalue weighted by atomic mass is 31.2. The van der Waals surface area contributed by atoms with E-state index in [0.717, 1.165) is 64.2 Å². The van der Waals surface area contributed by atoms with Gasteiger partial charge < -0.3 is 19.8 Å².